The molecule has 1 saturated heterocycles. The average molecular weight is 418 g/mol. The molecule has 1 aliphatic heterocycles. The average Bonchev–Trinajstić information content (AvgIpc) is 2.81. The van der Waals surface area contributed by atoms with Crippen LogP contribution in [0.1, 0.15) is 23.5 Å². The lowest BCUT2D eigenvalue weighted by Gasteiger charge is -2.37. The SMILES string of the molecule is C=CCOc1ccc(C2CCN(C(=O)O)CC2OCc2ccc3ccccc3c2)cc1. The van der Waals surface area contributed by atoms with Crippen LogP contribution >= 0.6 is 0 Å². The minimum atomic E-state index is -0.897. The number of hydrogen-bond donors (Lipinski definition) is 1. The molecule has 0 bridgehead atoms. The normalized spacial score (nSPS) is 18.6. The largest absolute Gasteiger partial charge is 0.490 e. The summed E-state index contributed by atoms with van der Waals surface area (Å²) in [4.78, 5) is 13.0. The van der Waals surface area contributed by atoms with Crippen molar-refractivity contribution in [3.05, 3.63) is 90.5 Å². The van der Waals surface area contributed by atoms with Gasteiger partial charge in [0.15, 0.2) is 0 Å². The first-order valence-electron chi connectivity index (χ1n) is 10.5. The molecule has 1 fully saturated rings. The number of benzene rings is 3. The number of likely N-dealkylation sites (tertiary alicyclic amines) is 1. The Balaban J connectivity index is 1.50. The van der Waals surface area contributed by atoms with Crippen LogP contribution in [0.5, 0.6) is 5.75 Å². The molecule has 3 aromatic rings. The molecular formula is C26H27NO4. The van der Waals surface area contributed by atoms with Crippen molar-refractivity contribution >= 4 is 16.9 Å². The second-order valence-corrected chi connectivity index (χ2v) is 7.82. The van der Waals surface area contributed by atoms with Crippen LogP contribution in [0.3, 0.4) is 0 Å². The van der Waals surface area contributed by atoms with Crippen molar-refractivity contribution in [3.8, 4) is 5.75 Å². The van der Waals surface area contributed by atoms with E-state index in [0.717, 1.165) is 23.3 Å². The number of amides is 1. The van der Waals surface area contributed by atoms with E-state index in [1.807, 2.05) is 36.4 Å². The summed E-state index contributed by atoms with van der Waals surface area (Å²) in [6.45, 7) is 5.44. The van der Waals surface area contributed by atoms with Gasteiger partial charge in [0.2, 0.25) is 0 Å². The van der Waals surface area contributed by atoms with E-state index in [9.17, 15) is 9.90 Å². The zero-order valence-electron chi connectivity index (χ0n) is 17.4. The van der Waals surface area contributed by atoms with Crippen molar-refractivity contribution in [2.24, 2.45) is 0 Å². The second-order valence-electron chi connectivity index (χ2n) is 7.82. The van der Waals surface area contributed by atoms with E-state index in [-0.39, 0.29) is 12.0 Å². The molecule has 5 nitrogen and oxygen atoms in total. The van der Waals surface area contributed by atoms with Gasteiger partial charge in [-0.2, -0.15) is 0 Å². The Kier molecular flexibility index (Phi) is 6.53. The molecule has 0 aromatic heterocycles. The van der Waals surface area contributed by atoms with Crippen molar-refractivity contribution in [2.45, 2.75) is 25.0 Å². The van der Waals surface area contributed by atoms with Crippen LogP contribution in [0.2, 0.25) is 0 Å². The zero-order chi connectivity index (χ0) is 21.6. The molecule has 1 N–H and O–H groups in total. The fraction of sp³-hybridized carbons (Fsp3) is 0.269. The fourth-order valence-electron chi connectivity index (χ4n) is 4.14. The van der Waals surface area contributed by atoms with Crippen LogP contribution in [0.4, 0.5) is 4.79 Å². The molecule has 1 amide bonds. The first kappa shape index (κ1) is 20.9. The molecule has 5 heteroatoms. The molecule has 31 heavy (non-hydrogen) atoms. The van der Waals surface area contributed by atoms with Crippen LogP contribution in [0.25, 0.3) is 10.8 Å². The van der Waals surface area contributed by atoms with Crippen LogP contribution in [-0.4, -0.2) is 41.9 Å². The highest BCUT2D eigenvalue weighted by Crippen LogP contribution is 2.32. The lowest BCUT2D eigenvalue weighted by molar-refractivity contribution is -0.0199. The highest BCUT2D eigenvalue weighted by molar-refractivity contribution is 5.82. The number of piperidine rings is 1. The first-order valence-corrected chi connectivity index (χ1v) is 10.5. The third-order valence-corrected chi connectivity index (χ3v) is 5.78. The van der Waals surface area contributed by atoms with E-state index in [1.165, 1.54) is 15.7 Å². The Morgan fingerprint density at radius 1 is 1.10 bits per heavy atom. The Morgan fingerprint density at radius 2 is 1.87 bits per heavy atom. The Hall–Kier alpha value is -3.31. The number of fused-ring (bicyclic) bond motifs is 1. The molecule has 1 aliphatic rings. The second kappa shape index (κ2) is 9.67. The summed E-state index contributed by atoms with van der Waals surface area (Å²) < 4.78 is 11.9. The minimum absolute atomic E-state index is 0.129. The maximum absolute atomic E-state index is 11.6. The van der Waals surface area contributed by atoms with Gasteiger partial charge in [0.1, 0.15) is 12.4 Å². The summed E-state index contributed by atoms with van der Waals surface area (Å²) in [6, 6.07) is 22.5. The van der Waals surface area contributed by atoms with E-state index in [4.69, 9.17) is 9.47 Å². The molecule has 4 rings (SSSR count). The zero-order valence-corrected chi connectivity index (χ0v) is 17.4. The molecule has 1 heterocycles. The highest BCUT2D eigenvalue weighted by atomic mass is 16.5. The molecule has 2 unspecified atom stereocenters. The van der Waals surface area contributed by atoms with Gasteiger partial charge < -0.3 is 19.5 Å². The number of nitrogens with zero attached hydrogens (tertiary/aromatic N) is 1. The molecule has 0 aliphatic carbocycles. The van der Waals surface area contributed by atoms with Gasteiger partial charge in [0.05, 0.1) is 19.3 Å². The summed E-state index contributed by atoms with van der Waals surface area (Å²) in [5, 5.41) is 11.8. The lowest BCUT2D eigenvalue weighted by Crippen LogP contribution is -2.46. The number of carboxylic acid groups (broad SMARTS) is 1. The van der Waals surface area contributed by atoms with E-state index >= 15 is 0 Å². The van der Waals surface area contributed by atoms with Crippen LogP contribution in [0, 0.1) is 0 Å². The van der Waals surface area contributed by atoms with Gasteiger partial charge >= 0.3 is 6.09 Å². The number of hydrogen-bond acceptors (Lipinski definition) is 3. The van der Waals surface area contributed by atoms with E-state index < -0.39 is 6.09 Å². The van der Waals surface area contributed by atoms with E-state index in [1.54, 1.807) is 6.08 Å². The fourth-order valence-corrected chi connectivity index (χ4v) is 4.14. The van der Waals surface area contributed by atoms with E-state index in [2.05, 4.69) is 36.9 Å². The lowest BCUT2D eigenvalue weighted by atomic mass is 9.87. The summed E-state index contributed by atoms with van der Waals surface area (Å²) in [5.74, 6) is 0.921. The third-order valence-electron chi connectivity index (χ3n) is 5.78. The Morgan fingerprint density at radius 3 is 2.61 bits per heavy atom. The van der Waals surface area contributed by atoms with Crippen LogP contribution < -0.4 is 4.74 Å². The van der Waals surface area contributed by atoms with Gasteiger partial charge in [-0.3, -0.25) is 0 Å². The maximum atomic E-state index is 11.6. The highest BCUT2D eigenvalue weighted by Gasteiger charge is 2.33. The topological polar surface area (TPSA) is 59.0 Å². The number of carbonyl (C=O) groups is 1. The Bertz CT molecular complexity index is 1050. The molecule has 160 valence electrons. The first-order chi connectivity index (χ1) is 15.1. The summed E-state index contributed by atoms with van der Waals surface area (Å²) >= 11 is 0. The predicted molar refractivity (Wildman–Crippen MR) is 122 cm³/mol. The molecule has 0 radical (unpaired) electrons. The molecule has 0 spiro atoms. The van der Waals surface area contributed by atoms with Crippen LogP contribution in [0.15, 0.2) is 79.4 Å². The maximum Gasteiger partial charge on any atom is 0.407 e. The van der Waals surface area contributed by atoms with Crippen molar-refractivity contribution in [3.63, 3.8) is 0 Å². The van der Waals surface area contributed by atoms with Crippen molar-refractivity contribution in [1.82, 2.24) is 4.90 Å². The monoisotopic (exact) mass is 417 g/mol. The van der Waals surface area contributed by atoms with Gasteiger partial charge in [-0.05, 0) is 46.5 Å². The molecular weight excluding hydrogens is 390 g/mol. The summed E-state index contributed by atoms with van der Waals surface area (Å²) in [7, 11) is 0. The quantitative estimate of drug-likeness (QED) is 0.519. The van der Waals surface area contributed by atoms with Gasteiger partial charge in [-0.25, -0.2) is 4.79 Å². The van der Waals surface area contributed by atoms with Crippen LogP contribution in [-0.2, 0) is 11.3 Å². The van der Waals surface area contributed by atoms with Gasteiger partial charge in [0, 0.05) is 12.5 Å². The smallest absolute Gasteiger partial charge is 0.407 e. The van der Waals surface area contributed by atoms with Gasteiger partial charge in [-0.15, -0.1) is 0 Å². The minimum Gasteiger partial charge on any atom is -0.490 e. The number of rotatable bonds is 7. The molecule has 3 aromatic carbocycles. The molecule has 2 atom stereocenters. The van der Waals surface area contributed by atoms with Crippen molar-refractivity contribution in [2.75, 3.05) is 19.7 Å². The summed E-state index contributed by atoms with van der Waals surface area (Å²) in [5.41, 5.74) is 2.22. The third kappa shape index (κ3) is 5.06. The van der Waals surface area contributed by atoms with Crippen molar-refractivity contribution in [1.29, 1.82) is 0 Å². The summed E-state index contributed by atoms with van der Waals surface area (Å²) in [6.07, 6.45) is 1.33. The van der Waals surface area contributed by atoms with Crippen molar-refractivity contribution < 1.29 is 19.4 Å². The molecule has 0 saturated carbocycles. The van der Waals surface area contributed by atoms with Gasteiger partial charge in [0.25, 0.3) is 0 Å². The van der Waals surface area contributed by atoms with Gasteiger partial charge in [-0.1, -0.05) is 61.2 Å². The predicted octanol–water partition coefficient (Wildman–Crippen LogP) is 5.46. The number of ether oxygens (including phenoxy) is 2. The standard InChI is InChI=1S/C26H27NO4/c1-2-15-30-23-11-9-21(10-12-23)24-13-14-27(26(28)29)17-25(24)31-18-19-7-8-20-5-3-4-6-22(20)16-19/h2-12,16,24-25H,1,13-15,17-18H2,(H,28,29). The van der Waals surface area contributed by atoms with E-state index in [0.29, 0.717) is 26.3 Å². The Labute approximate surface area is 182 Å².